The lowest BCUT2D eigenvalue weighted by Crippen LogP contribution is -1.96. The van der Waals surface area contributed by atoms with Gasteiger partial charge in [-0.15, -0.1) is 0 Å². The summed E-state index contributed by atoms with van der Waals surface area (Å²) in [4.78, 5) is 13.6. The predicted molar refractivity (Wildman–Crippen MR) is 44.9 cm³/mol. The minimum atomic E-state index is -0.971. The molecule has 0 unspecified atom stereocenters. The van der Waals surface area contributed by atoms with E-state index in [1.165, 1.54) is 6.08 Å². The monoisotopic (exact) mass is 173 g/mol. The molecule has 0 aromatic rings. The van der Waals surface area contributed by atoms with Crippen molar-refractivity contribution in [2.45, 2.75) is 6.42 Å². The molecule has 0 saturated carbocycles. The number of carboxylic acids is 1. The van der Waals surface area contributed by atoms with Crippen LogP contribution in [0.2, 0.25) is 0 Å². The zero-order valence-corrected chi connectivity index (χ0v) is 6.64. The summed E-state index contributed by atoms with van der Waals surface area (Å²) in [6.07, 6.45) is 1.17. The summed E-state index contributed by atoms with van der Waals surface area (Å²) in [5.74, 6) is -0.971. The van der Waals surface area contributed by atoms with Crippen molar-refractivity contribution in [3.63, 3.8) is 0 Å². The molecule has 0 fully saturated rings. The van der Waals surface area contributed by atoms with Crippen molar-refractivity contribution in [2.24, 2.45) is 4.99 Å². The minimum absolute atomic E-state index is 0.0856. The molecule has 3 nitrogen and oxygen atoms in total. The third-order valence-electron chi connectivity index (χ3n) is 0.992. The highest BCUT2D eigenvalue weighted by atomic mass is 35.5. The standard InChI is InChI=1S/C7H8ClNO2/c1-3-5(4-6(10)11)7(8)9-2/h3H,1-2,4H2,(H,10,11)/b7-5+. The lowest BCUT2D eigenvalue weighted by atomic mass is 10.2. The Hall–Kier alpha value is -1.09. The van der Waals surface area contributed by atoms with Crippen molar-refractivity contribution < 1.29 is 9.90 Å². The predicted octanol–water partition coefficient (Wildman–Crippen LogP) is 1.80. The van der Waals surface area contributed by atoms with Gasteiger partial charge in [0.2, 0.25) is 0 Å². The second-order valence-corrected chi connectivity index (χ2v) is 2.11. The van der Waals surface area contributed by atoms with Crippen LogP contribution in [0.3, 0.4) is 0 Å². The normalized spacial score (nSPS) is 11.7. The van der Waals surface area contributed by atoms with Gasteiger partial charge in [-0.1, -0.05) is 24.3 Å². The summed E-state index contributed by atoms with van der Waals surface area (Å²) in [5, 5.41) is 8.44. The Morgan fingerprint density at radius 3 is 2.55 bits per heavy atom. The summed E-state index contributed by atoms with van der Waals surface area (Å²) < 4.78 is 0. The molecule has 0 aromatic heterocycles. The molecule has 0 radical (unpaired) electrons. The van der Waals surface area contributed by atoms with E-state index in [0.717, 1.165) is 0 Å². The van der Waals surface area contributed by atoms with E-state index in [-0.39, 0.29) is 11.6 Å². The van der Waals surface area contributed by atoms with Crippen molar-refractivity contribution in [1.82, 2.24) is 0 Å². The van der Waals surface area contributed by atoms with Crippen LogP contribution in [0.15, 0.2) is 28.4 Å². The van der Waals surface area contributed by atoms with Crippen LogP contribution < -0.4 is 0 Å². The Balaban J connectivity index is 4.51. The van der Waals surface area contributed by atoms with E-state index in [4.69, 9.17) is 16.7 Å². The molecule has 0 spiro atoms. The summed E-state index contributed by atoms with van der Waals surface area (Å²) in [6, 6.07) is 0. The summed E-state index contributed by atoms with van der Waals surface area (Å²) in [6.45, 7) is 6.55. The first-order valence-corrected chi connectivity index (χ1v) is 3.19. The van der Waals surface area contributed by atoms with Crippen LogP contribution in [0, 0.1) is 0 Å². The second kappa shape index (κ2) is 4.68. The van der Waals surface area contributed by atoms with Gasteiger partial charge >= 0.3 is 5.97 Å². The molecular weight excluding hydrogens is 166 g/mol. The van der Waals surface area contributed by atoms with Crippen molar-refractivity contribution in [2.75, 3.05) is 0 Å². The van der Waals surface area contributed by atoms with Gasteiger partial charge in [0.15, 0.2) is 0 Å². The van der Waals surface area contributed by atoms with Crippen LogP contribution in [0.4, 0.5) is 0 Å². The van der Waals surface area contributed by atoms with Gasteiger partial charge in [0.25, 0.3) is 0 Å². The Kier molecular flexibility index (Phi) is 4.22. The molecule has 0 rings (SSSR count). The van der Waals surface area contributed by atoms with E-state index in [2.05, 4.69) is 18.3 Å². The highest BCUT2D eigenvalue weighted by Gasteiger charge is 2.03. The molecule has 0 aliphatic rings. The number of rotatable bonds is 4. The third-order valence-corrected chi connectivity index (χ3v) is 1.35. The van der Waals surface area contributed by atoms with Gasteiger partial charge in [0.1, 0.15) is 5.16 Å². The van der Waals surface area contributed by atoms with Crippen LogP contribution in [0.5, 0.6) is 0 Å². The Morgan fingerprint density at radius 1 is 1.73 bits per heavy atom. The maximum absolute atomic E-state index is 10.2. The van der Waals surface area contributed by atoms with Crippen LogP contribution in [-0.2, 0) is 4.79 Å². The zero-order valence-electron chi connectivity index (χ0n) is 5.88. The fourth-order valence-corrected chi connectivity index (χ4v) is 0.638. The van der Waals surface area contributed by atoms with Crippen LogP contribution in [0.1, 0.15) is 6.42 Å². The molecule has 0 amide bonds. The number of nitrogens with zero attached hydrogens (tertiary/aromatic N) is 1. The largest absolute Gasteiger partial charge is 0.481 e. The average molecular weight is 174 g/mol. The van der Waals surface area contributed by atoms with Crippen molar-refractivity contribution in [3.05, 3.63) is 23.4 Å². The number of aliphatic imine (C=N–C) groups is 1. The van der Waals surface area contributed by atoms with Crippen LogP contribution in [0.25, 0.3) is 0 Å². The Labute approximate surface area is 69.7 Å². The van der Waals surface area contributed by atoms with Gasteiger partial charge in [-0.05, 0) is 12.3 Å². The molecule has 0 atom stereocenters. The van der Waals surface area contributed by atoms with E-state index in [1.807, 2.05) is 0 Å². The van der Waals surface area contributed by atoms with Gasteiger partial charge in [-0.2, -0.15) is 0 Å². The SMILES string of the molecule is C=C/C(CC(=O)O)=C(/Cl)N=C. The fraction of sp³-hybridized carbons (Fsp3) is 0.143. The van der Waals surface area contributed by atoms with Gasteiger partial charge in [-0.25, -0.2) is 0 Å². The van der Waals surface area contributed by atoms with Gasteiger partial charge in [0, 0.05) is 0 Å². The Morgan fingerprint density at radius 2 is 2.27 bits per heavy atom. The number of hydrogen-bond donors (Lipinski definition) is 1. The first-order chi connectivity index (χ1) is 5.11. The lowest BCUT2D eigenvalue weighted by molar-refractivity contribution is -0.136. The van der Waals surface area contributed by atoms with Crippen molar-refractivity contribution in [1.29, 1.82) is 0 Å². The van der Waals surface area contributed by atoms with Gasteiger partial charge < -0.3 is 5.11 Å². The Bertz CT molecular complexity index is 220. The molecule has 0 aliphatic carbocycles. The molecule has 11 heavy (non-hydrogen) atoms. The number of halogens is 1. The lowest BCUT2D eigenvalue weighted by Gasteiger charge is -1.96. The molecule has 0 aliphatic heterocycles. The van der Waals surface area contributed by atoms with E-state index in [1.54, 1.807) is 0 Å². The fourth-order valence-electron chi connectivity index (χ4n) is 0.494. The van der Waals surface area contributed by atoms with Crippen LogP contribution in [-0.4, -0.2) is 17.8 Å². The molecule has 0 heterocycles. The zero-order chi connectivity index (χ0) is 8.85. The maximum Gasteiger partial charge on any atom is 0.307 e. The summed E-state index contributed by atoms with van der Waals surface area (Å²) in [5.41, 5.74) is 0.370. The molecular formula is C7H8ClNO2. The van der Waals surface area contributed by atoms with Crippen molar-refractivity contribution >= 4 is 24.3 Å². The number of carbonyl (C=O) groups is 1. The second-order valence-electron chi connectivity index (χ2n) is 1.75. The molecule has 4 heteroatoms. The highest BCUT2D eigenvalue weighted by Crippen LogP contribution is 2.14. The quantitative estimate of drug-likeness (QED) is 0.400. The maximum atomic E-state index is 10.2. The number of aliphatic carboxylic acids is 1. The van der Waals surface area contributed by atoms with Gasteiger partial charge in [-0.3, -0.25) is 9.79 Å². The van der Waals surface area contributed by atoms with E-state index >= 15 is 0 Å². The third kappa shape index (κ3) is 3.57. The number of allylic oxidation sites excluding steroid dienone is 1. The van der Waals surface area contributed by atoms with Crippen LogP contribution >= 0.6 is 11.6 Å². The van der Waals surface area contributed by atoms with Crippen molar-refractivity contribution in [3.8, 4) is 0 Å². The first-order valence-electron chi connectivity index (χ1n) is 2.81. The molecule has 0 bridgehead atoms. The molecule has 1 N–H and O–H groups in total. The van der Waals surface area contributed by atoms with Gasteiger partial charge in [0.05, 0.1) is 6.42 Å². The molecule has 0 saturated heterocycles. The number of carboxylic acid groups (broad SMARTS) is 1. The average Bonchev–Trinajstić information content (AvgIpc) is 1.98. The molecule has 60 valence electrons. The minimum Gasteiger partial charge on any atom is -0.481 e. The topological polar surface area (TPSA) is 49.7 Å². The van der Waals surface area contributed by atoms with E-state index in [0.29, 0.717) is 5.57 Å². The van der Waals surface area contributed by atoms with E-state index < -0.39 is 5.97 Å². The number of hydrogen-bond acceptors (Lipinski definition) is 2. The smallest absolute Gasteiger partial charge is 0.307 e. The summed E-state index contributed by atoms with van der Waals surface area (Å²) >= 11 is 5.49. The highest BCUT2D eigenvalue weighted by molar-refractivity contribution is 6.30. The van der Waals surface area contributed by atoms with E-state index in [9.17, 15) is 4.79 Å². The summed E-state index contributed by atoms with van der Waals surface area (Å²) in [7, 11) is 0. The molecule has 0 aromatic carbocycles. The first kappa shape index (κ1) is 9.91.